The lowest BCUT2D eigenvalue weighted by Crippen LogP contribution is -1.83. The molecule has 0 unspecified atom stereocenters. The van der Waals surface area contributed by atoms with E-state index in [0.717, 1.165) is 28.3 Å². The average Bonchev–Trinajstić information content (AvgIpc) is 2.28. The van der Waals surface area contributed by atoms with Crippen LogP contribution in [0.15, 0.2) is 24.3 Å². The van der Waals surface area contributed by atoms with Crippen molar-refractivity contribution >= 4 is 67.8 Å². The van der Waals surface area contributed by atoms with Gasteiger partial charge < -0.3 is 0 Å². The van der Waals surface area contributed by atoms with Gasteiger partial charge in [-0.05, 0) is 12.1 Å². The lowest BCUT2D eigenvalue weighted by atomic mass is 10.3. The van der Waals surface area contributed by atoms with Gasteiger partial charge in [-0.1, -0.05) is 59.2 Å². The maximum absolute atomic E-state index is 5.16. The minimum atomic E-state index is 0.720. The first-order valence-electron chi connectivity index (χ1n) is 4.45. The van der Waals surface area contributed by atoms with Crippen LogP contribution in [-0.4, -0.2) is 9.97 Å². The highest BCUT2D eigenvalue weighted by Crippen LogP contribution is 2.24. The van der Waals surface area contributed by atoms with Crippen LogP contribution in [0.4, 0.5) is 0 Å². The van der Waals surface area contributed by atoms with E-state index in [4.69, 9.17) is 24.4 Å². The molecule has 3 rings (SSSR count). The van der Waals surface area contributed by atoms with Gasteiger partial charge >= 0.3 is 0 Å². The zero-order chi connectivity index (χ0) is 11.1. The van der Waals surface area contributed by atoms with Gasteiger partial charge in [-0.2, -0.15) is 0 Å². The molecule has 0 aliphatic rings. The van der Waals surface area contributed by atoms with Gasteiger partial charge in [-0.25, -0.2) is 9.97 Å². The van der Waals surface area contributed by atoms with E-state index in [0.29, 0.717) is 0 Å². The maximum atomic E-state index is 5.16. The summed E-state index contributed by atoms with van der Waals surface area (Å²) in [5.74, 6) is 0. The summed E-state index contributed by atoms with van der Waals surface area (Å²) in [5.41, 5.74) is 1.79. The van der Waals surface area contributed by atoms with Crippen LogP contribution >= 0.6 is 47.1 Å². The van der Waals surface area contributed by atoms with E-state index in [1.165, 1.54) is 22.7 Å². The van der Waals surface area contributed by atoms with Crippen LogP contribution in [0.5, 0.6) is 0 Å². The number of nitrogens with zero attached hydrogens (tertiary/aromatic N) is 2. The molecule has 16 heavy (non-hydrogen) atoms. The van der Waals surface area contributed by atoms with Crippen LogP contribution in [-0.2, 0) is 0 Å². The summed E-state index contributed by atoms with van der Waals surface area (Å²) >= 11 is 13.2. The van der Waals surface area contributed by atoms with Gasteiger partial charge in [0.1, 0.15) is 7.65 Å². The topological polar surface area (TPSA) is 25.8 Å². The average molecular weight is 280 g/mol. The Bertz CT molecular complexity index is 735. The van der Waals surface area contributed by atoms with Crippen molar-refractivity contribution in [3.8, 4) is 0 Å². The third-order valence-corrected chi connectivity index (χ3v) is 5.34. The molecule has 0 saturated carbocycles. The van der Waals surface area contributed by atoms with Gasteiger partial charge in [-0.15, -0.1) is 0 Å². The second kappa shape index (κ2) is 3.89. The summed E-state index contributed by atoms with van der Waals surface area (Å²) in [7, 11) is 0. The molecule has 0 radical (unpaired) electrons. The Labute approximate surface area is 109 Å². The second-order valence-corrected chi connectivity index (χ2v) is 6.43. The van der Waals surface area contributed by atoms with Crippen LogP contribution in [0.25, 0.3) is 20.7 Å². The summed E-state index contributed by atoms with van der Waals surface area (Å²) in [4.78, 5) is 10.8. The van der Waals surface area contributed by atoms with Crippen molar-refractivity contribution in [2.75, 3.05) is 0 Å². The first-order chi connectivity index (χ1) is 7.74. The van der Waals surface area contributed by atoms with Gasteiger partial charge in [0.2, 0.25) is 0 Å². The highest BCUT2D eigenvalue weighted by Gasteiger charge is 2.02. The molecule has 0 spiro atoms. The third-order valence-electron chi connectivity index (χ3n) is 2.05. The fraction of sp³-hybridized carbons (Fsp3) is 0. The van der Waals surface area contributed by atoms with Gasteiger partial charge in [0.05, 0.1) is 11.0 Å². The predicted octanol–water partition coefficient (Wildman–Crippen LogP) is 4.36. The molecule has 2 heterocycles. The van der Waals surface area contributed by atoms with E-state index >= 15 is 0 Å². The molecule has 0 aliphatic carbocycles. The molecule has 0 fully saturated rings. The Hall–Kier alpha value is -0.820. The molecule has 1 aromatic carbocycles. The van der Waals surface area contributed by atoms with Crippen molar-refractivity contribution < 1.29 is 0 Å². The first-order valence-corrected chi connectivity index (χ1v) is 6.90. The van der Waals surface area contributed by atoms with E-state index in [9.17, 15) is 0 Å². The third kappa shape index (κ3) is 1.67. The Morgan fingerprint density at radius 2 is 1.25 bits per heavy atom. The van der Waals surface area contributed by atoms with Crippen molar-refractivity contribution in [3.05, 3.63) is 31.9 Å². The summed E-state index contributed by atoms with van der Waals surface area (Å²) in [6, 6.07) is 7.80. The van der Waals surface area contributed by atoms with Crippen LogP contribution in [0, 0.1) is 7.65 Å². The standard InChI is InChI=1S/C10H4N2S4/c13-9-10(14)16-8-7(15-9)11-5-3-1-2-4-6(5)12-8/h1-4H. The maximum Gasteiger partial charge on any atom is 0.154 e. The van der Waals surface area contributed by atoms with Gasteiger partial charge in [-0.3, -0.25) is 0 Å². The highest BCUT2D eigenvalue weighted by molar-refractivity contribution is 7.77. The number of fused-ring (bicyclic) bond motifs is 2. The molecule has 2 nitrogen and oxygen atoms in total. The molecule has 0 aliphatic heterocycles. The second-order valence-electron chi connectivity index (χ2n) is 3.10. The minimum absolute atomic E-state index is 0.720. The molecule has 0 amide bonds. The minimum Gasteiger partial charge on any atom is -0.233 e. The van der Waals surface area contributed by atoms with Crippen molar-refractivity contribution in [1.82, 2.24) is 9.97 Å². The van der Waals surface area contributed by atoms with E-state index in [1.807, 2.05) is 24.3 Å². The first kappa shape index (κ1) is 10.3. The number of aromatic nitrogens is 2. The van der Waals surface area contributed by atoms with Crippen LogP contribution in [0.1, 0.15) is 0 Å². The molecule has 78 valence electrons. The molecule has 2 aromatic heterocycles. The number of rotatable bonds is 0. The molecule has 0 atom stereocenters. The van der Waals surface area contributed by atoms with Crippen molar-refractivity contribution in [2.24, 2.45) is 0 Å². The molecule has 0 saturated heterocycles. The Morgan fingerprint density at radius 3 is 1.69 bits per heavy atom. The Morgan fingerprint density at radius 1 is 0.812 bits per heavy atom. The number of hydrogen-bond acceptors (Lipinski definition) is 6. The molecule has 0 bridgehead atoms. The fourth-order valence-electron chi connectivity index (χ4n) is 1.36. The van der Waals surface area contributed by atoms with Crippen molar-refractivity contribution in [1.29, 1.82) is 0 Å². The van der Waals surface area contributed by atoms with Crippen molar-refractivity contribution in [2.45, 2.75) is 0 Å². The van der Waals surface area contributed by atoms with Gasteiger partial charge in [0.25, 0.3) is 0 Å². The van der Waals surface area contributed by atoms with Crippen LogP contribution < -0.4 is 0 Å². The summed E-state index contributed by atoms with van der Waals surface area (Å²) in [6.45, 7) is 0. The molecule has 6 heteroatoms. The normalized spacial score (nSPS) is 11.0. The number of benzene rings is 1. The summed E-state index contributed by atoms with van der Waals surface area (Å²) < 4.78 is 1.44. The molecular weight excluding hydrogens is 276 g/mol. The lowest BCUT2D eigenvalue weighted by Gasteiger charge is -1.98. The van der Waals surface area contributed by atoms with E-state index in [2.05, 4.69) is 9.97 Å². The van der Waals surface area contributed by atoms with Crippen molar-refractivity contribution in [3.63, 3.8) is 0 Å². The summed E-state index contributed by atoms with van der Waals surface area (Å²) in [5, 5.41) is 0. The number of hydrogen-bond donors (Lipinski definition) is 0. The van der Waals surface area contributed by atoms with Gasteiger partial charge in [0.15, 0.2) is 9.66 Å². The lowest BCUT2D eigenvalue weighted by molar-refractivity contribution is 1.44. The zero-order valence-electron chi connectivity index (χ0n) is 7.84. The van der Waals surface area contributed by atoms with Gasteiger partial charge in [0, 0.05) is 0 Å². The zero-order valence-corrected chi connectivity index (χ0v) is 11.1. The fourth-order valence-corrected chi connectivity index (χ4v) is 3.65. The monoisotopic (exact) mass is 280 g/mol. The van der Waals surface area contributed by atoms with E-state index in [-0.39, 0.29) is 0 Å². The SMILES string of the molecule is S=c1sc2nc3ccccc3nc2sc1=S. The molecule has 0 N–H and O–H groups in total. The molecular formula is C10H4N2S4. The Kier molecular flexibility index (Phi) is 2.51. The predicted molar refractivity (Wildman–Crippen MR) is 74.5 cm³/mol. The largest absolute Gasteiger partial charge is 0.233 e. The summed E-state index contributed by atoms with van der Waals surface area (Å²) in [6.07, 6.45) is 0. The highest BCUT2D eigenvalue weighted by atomic mass is 32.2. The Balaban J connectivity index is 2.56. The quantitative estimate of drug-likeness (QED) is 0.451. The van der Waals surface area contributed by atoms with E-state index < -0.39 is 0 Å². The van der Waals surface area contributed by atoms with Crippen LogP contribution in [0.2, 0.25) is 0 Å². The van der Waals surface area contributed by atoms with Crippen LogP contribution in [0.3, 0.4) is 0 Å². The molecule has 3 aromatic rings. The number of para-hydroxylation sites is 2. The smallest absolute Gasteiger partial charge is 0.154 e. The van der Waals surface area contributed by atoms with E-state index in [1.54, 1.807) is 0 Å².